The Bertz CT molecular complexity index is 1290. The average molecular weight is 462 g/mol. The maximum Gasteiger partial charge on any atom is 0.266 e. The van der Waals surface area contributed by atoms with Crippen molar-refractivity contribution < 1.29 is 14.4 Å². The lowest BCUT2D eigenvalue weighted by atomic mass is 10.0. The highest BCUT2D eigenvalue weighted by Gasteiger charge is 2.38. The van der Waals surface area contributed by atoms with Gasteiger partial charge in [-0.25, -0.2) is 4.90 Å². The molecule has 2 aliphatic heterocycles. The van der Waals surface area contributed by atoms with E-state index in [1.54, 1.807) is 40.5 Å². The minimum atomic E-state index is -0.394. The van der Waals surface area contributed by atoms with Gasteiger partial charge in [-0.05, 0) is 56.2 Å². The number of hydrogen-bond donors (Lipinski definition) is 0. The Morgan fingerprint density at radius 2 is 1.64 bits per heavy atom. The smallest absolute Gasteiger partial charge is 0.266 e. The first kappa shape index (κ1) is 21.3. The quantitative estimate of drug-likeness (QED) is 0.557. The minimum absolute atomic E-state index is 0.142. The zero-order valence-electron chi connectivity index (χ0n) is 18.7. The van der Waals surface area contributed by atoms with Crippen LogP contribution in [0.4, 0.5) is 10.8 Å². The van der Waals surface area contributed by atoms with Crippen LogP contribution in [-0.2, 0) is 0 Å². The van der Waals surface area contributed by atoms with Crippen LogP contribution in [0, 0.1) is 20.8 Å². The molecule has 0 radical (unpaired) electrons. The fourth-order valence-corrected chi connectivity index (χ4v) is 5.01. The van der Waals surface area contributed by atoms with Crippen molar-refractivity contribution in [2.75, 3.05) is 36.0 Å². The van der Waals surface area contributed by atoms with Gasteiger partial charge < -0.3 is 9.80 Å². The van der Waals surface area contributed by atoms with Crippen LogP contribution in [0.15, 0.2) is 36.4 Å². The predicted octanol–water partition coefficient (Wildman–Crippen LogP) is 3.23. The highest BCUT2D eigenvalue weighted by molar-refractivity contribution is 7.15. The van der Waals surface area contributed by atoms with Gasteiger partial charge in [-0.15, -0.1) is 10.2 Å². The topological polar surface area (TPSA) is 86.7 Å². The summed E-state index contributed by atoms with van der Waals surface area (Å²) in [6.07, 6.45) is 0. The van der Waals surface area contributed by atoms with Crippen molar-refractivity contribution >= 4 is 39.9 Å². The number of aryl methyl sites for hydroxylation is 2. The van der Waals surface area contributed by atoms with E-state index in [0.29, 0.717) is 43.0 Å². The second kappa shape index (κ2) is 8.08. The predicted molar refractivity (Wildman–Crippen MR) is 126 cm³/mol. The van der Waals surface area contributed by atoms with E-state index in [-0.39, 0.29) is 17.4 Å². The summed E-state index contributed by atoms with van der Waals surface area (Å²) < 4.78 is 0. The van der Waals surface area contributed by atoms with E-state index in [9.17, 15) is 14.4 Å². The maximum absolute atomic E-state index is 13.2. The molecule has 1 aromatic heterocycles. The van der Waals surface area contributed by atoms with Gasteiger partial charge in [0, 0.05) is 31.7 Å². The van der Waals surface area contributed by atoms with E-state index in [0.717, 1.165) is 21.3 Å². The summed E-state index contributed by atoms with van der Waals surface area (Å²) in [5.74, 6) is -0.894. The van der Waals surface area contributed by atoms with E-state index < -0.39 is 5.91 Å². The first-order valence-corrected chi connectivity index (χ1v) is 11.6. The van der Waals surface area contributed by atoms with Crippen molar-refractivity contribution in [3.63, 3.8) is 0 Å². The number of carbonyl (C=O) groups excluding carboxylic acids is 3. The highest BCUT2D eigenvalue weighted by Crippen LogP contribution is 2.32. The second-order valence-corrected chi connectivity index (χ2v) is 9.47. The van der Waals surface area contributed by atoms with Crippen LogP contribution in [0.3, 0.4) is 0 Å². The summed E-state index contributed by atoms with van der Waals surface area (Å²) in [6, 6.07) is 10.3. The van der Waals surface area contributed by atoms with Crippen LogP contribution in [0.2, 0.25) is 0 Å². The molecule has 3 amide bonds. The van der Waals surface area contributed by atoms with Crippen LogP contribution >= 0.6 is 11.3 Å². The van der Waals surface area contributed by atoms with Gasteiger partial charge in [-0.2, -0.15) is 0 Å². The van der Waals surface area contributed by atoms with Crippen molar-refractivity contribution in [1.82, 2.24) is 15.1 Å². The summed E-state index contributed by atoms with van der Waals surface area (Å²) >= 11 is 1.54. The molecule has 0 atom stereocenters. The van der Waals surface area contributed by atoms with E-state index in [1.807, 2.05) is 32.9 Å². The summed E-state index contributed by atoms with van der Waals surface area (Å²) in [5.41, 5.74) is 3.48. The van der Waals surface area contributed by atoms with Gasteiger partial charge in [-0.1, -0.05) is 23.5 Å². The molecule has 168 valence electrons. The highest BCUT2D eigenvalue weighted by atomic mass is 32.1. The van der Waals surface area contributed by atoms with Crippen LogP contribution in [0.1, 0.15) is 47.2 Å². The van der Waals surface area contributed by atoms with E-state index in [2.05, 4.69) is 15.1 Å². The number of amides is 3. The zero-order valence-corrected chi connectivity index (χ0v) is 19.5. The first-order valence-electron chi connectivity index (χ1n) is 10.8. The number of benzene rings is 2. The fourth-order valence-electron chi connectivity index (χ4n) is 4.27. The lowest BCUT2D eigenvalue weighted by Crippen LogP contribution is -2.48. The number of fused-ring (bicyclic) bond motifs is 1. The molecule has 3 aromatic rings. The van der Waals surface area contributed by atoms with Crippen LogP contribution in [-0.4, -0.2) is 59.0 Å². The third kappa shape index (κ3) is 3.58. The van der Waals surface area contributed by atoms with Gasteiger partial charge in [0.2, 0.25) is 5.13 Å². The number of anilines is 2. The molecule has 1 saturated heterocycles. The molecule has 5 rings (SSSR count). The Morgan fingerprint density at radius 3 is 2.33 bits per heavy atom. The Hall–Kier alpha value is -3.59. The van der Waals surface area contributed by atoms with Gasteiger partial charge in [0.05, 0.1) is 16.8 Å². The van der Waals surface area contributed by atoms with E-state index >= 15 is 0 Å². The van der Waals surface area contributed by atoms with E-state index in [1.165, 1.54) is 4.90 Å². The largest absolute Gasteiger partial charge is 0.343 e. The number of rotatable bonds is 3. The normalized spacial score (nSPS) is 15.9. The van der Waals surface area contributed by atoms with Crippen molar-refractivity contribution in [2.24, 2.45) is 0 Å². The SMILES string of the molecule is Cc1nnc(N2CCN(C(=O)c3ccc4c(c3)C(=O)N(c3cccc(C)c3C)C4=O)CC2)s1. The molecular weight excluding hydrogens is 438 g/mol. The van der Waals surface area contributed by atoms with Crippen LogP contribution in [0.5, 0.6) is 0 Å². The van der Waals surface area contributed by atoms with Gasteiger partial charge in [0.15, 0.2) is 0 Å². The molecule has 8 nitrogen and oxygen atoms in total. The zero-order chi connectivity index (χ0) is 23.3. The van der Waals surface area contributed by atoms with Crippen LogP contribution in [0.25, 0.3) is 0 Å². The lowest BCUT2D eigenvalue weighted by molar-refractivity contribution is 0.0746. The van der Waals surface area contributed by atoms with Crippen molar-refractivity contribution in [2.45, 2.75) is 20.8 Å². The number of aromatic nitrogens is 2. The molecule has 0 aliphatic carbocycles. The Labute approximate surface area is 195 Å². The molecule has 9 heteroatoms. The molecule has 0 spiro atoms. The van der Waals surface area contributed by atoms with Crippen molar-refractivity contribution in [1.29, 1.82) is 0 Å². The Balaban J connectivity index is 1.35. The van der Waals surface area contributed by atoms with Crippen LogP contribution < -0.4 is 9.80 Å². The second-order valence-electron chi connectivity index (χ2n) is 8.31. The maximum atomic E-state index is 13.2. The summed E-state index contributed by atoms with van der Waals surface area (Å²) in [7, 11) is 0. The first-order chi connectivity index (χ1) is 15.8. The molecular formula is C24H23N5O3S. The number of piperazine rings is 1. The van der Waals surface area contributed by atoms with Gasteiger partial charge in [0.25, 0.3) is 17.7 Å². The molecule has 3 heterocycles. The third-order valence-electron chi connectivity index (χ3n) is 6.30. The van der Waals surface area contributed by atoms with E-state index in [4.69, 9.17) is 0 Å². The molecule has 0 N–H and O–H groups in total. The van der Waals surface area contributed by atoms with Crippen molar-refractivity contribution in [3.8, 4) is 0 Å². The molecule has 1 fully saturated rings. The average Bonchev–Trinajstić information content (AvgIpc) is 3.36. The molecule has 0 bridgehead atoms. The third-order valence-corrected chi connectivity index (χ3v) is 7.20. The van der Waals surface area contributed by atoms with Gasteiger partial charge >= 0.3 is 0 Å². The monoisotopic (exact) mass is 461 g/mol. The molecule has 33 heavy (non-hydrogen) atoms. The number of hydrogen-bond acceptors (Lipinski definition) is 7. The number of imide groups is 1. The summed E-state index contributed by atoms with van der Waals surface area (Å²) in [6.45, 7) is 8.20. The molecule has 0 unspecified atom stereocenters. The van der Waals surface area contributed by atoms with Gasteiger partial charge in [0.1, 0.15) is 5.01 Å². The Kier molecular flexibility index (Phi) is 5.20. The molecule has 2 aliphatic rings. The number of nitrogens with zero attached hydrogens (tertiary/aromatic N) is 5. The standard InChI is InChI=1S/C24H23N5O3S/c1-14-5-4-6-20(15(14)2)29-22(31)18-8-7-17(13-19(18)23(29)32)21(30)27-9-11-28(12-10-27)24-26-25-16(3)33-24/h4-8,13H,9-12H2,1-3H3. The summed E-state index contributed by atoms with van der Waals surface area (Å²) in [5, 5.41) is 10.0. The minimum Gasteiger partial charge on any atom is -0.343 e. The summed E-state index contributed by atoms with van der Waals surface area (Å²) in [4.78, 5) is 44.5. The van der Waals surface area contributed by atoms with Gasteiger partial charge in [-0.3, -0.25) is 14.4 Å². The Morgan fingerprint density at radius 1 is 0.909 bits per heavy atom. The number of carbonyl (C=O) groups is 3. The van der Waals surface area contributed by atoms with Crippen molar-refractivity contribution in [3.05, 3.63) is 69.2 Å². The molecule has 2 aromatic carbocycles. The lowest BCUT2D eigenvalue weighted by Gasteiger charge is -2.34. The fraction of sp³-hybridized carbons (Fsp3) is 0.292. The molecule has 0 saturated carbocycles.